The van der Waals surface area contributed by atoms with Crippen LogP contribution in [0.4, 0.5) is 17.1 Å². The first kappa shape index (κ1) is 30.0. The fourth-order valence-corrected chi connectivity index (χ4v) is 9.10. The minimum Gasteiger partial charge on any atom is -0.456 e. The van der Waals surface area contributed by atoms with Crippen LogP contribution in [0.3, 0.4) is 0 Å². The van der Waals surface area contributed by atoms with Crippen molar-refractivity contribution in [1.29, 1.82) is 0 Å². The topological polar surface area (TPSA) is 16.4 Å². The molecule has 0 atom stereocenters. The molecule has 0 fully saturated rings. The van der Waals surface area contributed by atoms with Gasteiger partial charge in [-0.05, 0) is 96.5 Å². The Balaban J connectivity index is 1.24. The Labute approximate surface area is 308 Å². The molecule has 2 heteroatoms. The summed E-state index contributed by atoms with van der Waals surface area (Å²) in [5.41, 5.74) is 12.7. The Hall–Kier alpha value is -6.64. The number of benzene rings is 9. The lowest BCUT2D eigenvalue weighted by atomic mass is 9.82. The molecule has 53 heavy (non-hydrogen) atoms. The second-order valence-corrected chi connectivity index (χ2v) is 14.9. The van der Waals surface area contributed by atoms with Crippen LogP contribution in [0.1, 0.15) is 25.0 Å². The Morgan fingerprint density at radius 1 is 0.396 bits per heavy atom. The van der Waals surface area contributed by atoms with Crippen LogP contribution < -0.4 is 4.90 Å². The number of hydrogen-bond acceptors (Lipinski definition) is 2. The first-order chi connectivity index (χ1) is 26.0. The minimum atomic E-state index is -0.123. The van der Waals surface area contributed by atoms with E-state index in [0.29, 0.717) is 0 Å². The summed E-state index contributed by atoms with van der Waals surface area (Å²) in [5, 5.41) is 9.70. The van der Waals surface area contributed by atoms with Crippen LogP contribution in [0.2, 0.25) is 0 Å². The number of hydrogen-bond donors (Lipinski definition) is 0. The maximum atomic E-state index is 6.53. The molecule has 0 saturated carbocycles. The van der Waals surface area contributed by atoms with Crippen molar-refractivity contribution in [3.63, 3.8) is 0 Å². The first-order valence-corrected chi connectivity index (χ1v) is 18.4. The Kier molecular flexibility index (Phi) is 6.33. The van der Waals surface area contributed by atoms with Crippen molar-refractivity contribution < 1.29 is 4.42 Å². The summed E-state index contributed by atoms with van der Waals surface area (Å²) >= 11 is 0. The van der Waals surface area contributed by atoms with Crippen molar-refractivity contribution in [3.8, 4) is 22.3 Å². The molecular weight excluding hydrogens is 643 g/mol. The van der Waals surface area contributed by atoms with E-state index in [0.717, 1.165) is 39.0 Å². The highest BCUT2D eigenvalue weighted by Gasteiger charge is 2.37. The molecule has 1 aromatic heterocycles. The van der Waals surface area contributed by atoms with E-state index >= 15 is 0 Å². The average Bonchev–Trinajstić information content (AvgIpc) is 3.69. The van der Waals surface area contributed by atoms with Crippen LogP contribution in [0.15, 0.2) is 180 Å². The van der Waals surface area contributed by atoms with Gasteiger partial charge in [-0.3, -0.25) is 0 Å². The quantitative estimate of drug-likeness (QED) is 0.184. The standard InChI is InChI=1S/C51H35NO/c1-51(2)44-28-25-35(30-43(44)49-38-17-7-4-13-33(38)22-27-45(49)51)52(36-24-26-41-40-19-9-10-21-47(40)53-48(41)31-36)46-29-23-34-14-5-8-18-39(34)50(46)42-20-11-15-32-12-3-6-16-37(32)42/h3-31H,1-2H3. The summed E-state index contributed by atoms with van der Waals surface area (Å²) in [5.74, 6) is 0. The molecule has 9 aromatic carbocycles. The fourth-order valence-electron chi connectivity index (χ4n) is 9.10. The lowest BCUT2D eigenvalue weighted by Gasteiger charge is -2.30. The van der Waals surface area contributed by atoms with Gasteiger partial charge in [-0.25, -0.2) is 0 Å². The van der Waals surface area contributed by atoms with E-state index in [9.17, 15) is 0 Å². The summed E-state index contributed by atoms with van der Waals surface area (Å²) in [6, 6.07) is 64.3. The third kappa shape index (κ3) is 4.39. The van der Waals surface area contributed by atoms with Gasteiger partial charge in [-0.15, -0.1) is 0 Å². The van der Waals surface area contributed by atoms with Crippen LogP contribution in [-0.4, -0.2) is 0 Å². The van der Waals surface area contributed by atoms with Gasteiger partial charge in [0.25, 0.3) is 0 Å². The van der Waals surface area contributed by atoms with Crippen molar-refractivity contribution in [2.24, 2.45) is 0 Å². The molecule has 0 saturated heterocycles. The molecule has 11 rings (SSSR count). The molecule has 0 radical (unpaired) electrons. The van der Waals surface area contributed by atoms with Crippen molar-refractivity contribution in [2.45, 2.75) is 19.3 Å². The zero-order valence-corrected chi connectivity index (χ0v) is 29.6. The van der Waals surface area contributed by atoms with Gasteiger partial charge in [0, 0.05) is 39.2 Å². The maximum absolute atomic E-state index is 6.53. The molecule has 1 aliphatic carbocycles. The predicted octanol–water partition coefficient (Wildman–Crippen LogP) is 14.5. The van der Waals surface area contributed by atoms with Crippen LogP contribution >= 0.6 is 0 Å². The van der Waals surface area contributed by atoms with Gasteiger partial charge >= 0.3 is 0 Å². The van der Waals surface area contributed by atoms with Gasteiger partial charge in [0.15, 0.2) is 0 Å². The van der Waals surface area contributed by atoms with E-state index in [1.165, 1.54) is 65.7 Å². The lowest BCUT2D eigenvalue weighted by Crippen LogP contribution is -2.15. The van der Waals surface area contributed by atoms with E-state index in [-0.39, 0.29) is 5.41 Å². The number of para-hydroxylation sites is 1. The second-order valence-electron chi connectivity index (χ2n) is 14.9. The van der Waals surface area contributed by atoms with Crippen LogP contribution in [-0.2, 0) is 5.41 Å². The molecule has 1 heterocycles. The highest BCUT2D eigenvalue weighted by molar-refractivity contribution is 6.13. The van der Waals surface area contributed by atoms with Gasteiger partial charge in [-0.1, -0.05) is 147 Å². The van der Waals surface area contributed by atoms with Crippen LogP contribution in [0.25, 0.3) is 76.5 Å². The Morgan fingerprint density at radius 2 is 0.962 bits per heavy atom. The summed E-state index contributed by atoms with van der Waals surface area (Å²) in [4.78, 5) is 2.45. The summed E-state index contributed by atoms with van der Waals surface area (Å²) in [6.07, 6.45) is 0. The molecule has 10 aromatic rings. The maximum Gasteiger partial charge on any atom is 0.137 e. The van der Waals surface area contributed by atoms with Gasteiger partial charge < -0.3 is 9.32 Å². The lowest BCUT2D eigenvalue weighted by molar-refractivity contribution is 0.661. The zero-order valence-electron chi connectivity index (χ0n) is 29.6. The largest absolute Gasteiger partial charge is 0.456 e. The summed E-state index contributed by atoms with van der Waals surface area (Å²) in [6.45, 7) is 4.72. The van der Waals surface area contributed by atoms with Crippen molar-refractivity contribution >= 4 is 71.3 Å². The summed E-state index contributed by atoms with van der Waals surface area (Å²) in [7, 11) is 0. The van der Waals surface area contributed by atoms with E-state index in [1.807, 2.05) is 6.07 Å². The zero-order chi connectivity index (χ0) is 35.3. The van der Waals surface area contributed by atoms with Crippen molar-refractivity contribution in [2.75, 3.05) is 4.90 Å². The number of fused-ring (bicyclic) bond motifs is 10. The van der Waals surface area contributed by atoms with Crippen LogP contribution in [0, 0.1) is 0 Å². The van der Waals surface area contributed by atoms with Gasteiger partial charge in [0.2, 0.25) is 0 Å². The molecular formula is C51H35NO. The van der Waals surface area contributed by atoms with Crippen LogP contribution in [0.5, 0.6) is 0 Å². The number of anilines is 3. The van der Waals surface area contributed by atoms with Gasteiger partial charge in [0.1, 0.15) is 11.2 Å². The monoisotopic (exact) mass is 677 g/mol. The van der Waals surface area contributed by atoms with Crippen molar-refractivity contribution in [3.05, 3.63) is 187 Å². The molecule has 0 amide bonds. The number of nitrogens with zero attached hydrogens (tertiary/aromatic N) is 1. The summed E-state index contributed by atoms with van der Waals surface area (Å²) < 4.78 is 6.53. The normalized spacial score (nSPS) is 13.2. The molecule has 0 bridgehead atoms. The fraction of sp³-hybridized carbons (Fsp3) is 0.0588. The van der Waals surface area contributed by atoms with E-state index in [1.54, 1.807) is 0 Å². The molecule has 0 aliphatic heterocycles. The first-order valence-electron chi connectivity index (χ1n) is 18.4. The van der Waals surface area contributed by atoms with Crippen molar-refractivity contribution in [1.82, 2.24) is 0 Å². The van der Waals surface area contributed by atoms with E-state index in [4.69, 9.17) is 4.42 Å². The average molecular weight is 678 g/mol. The molecule has 0 N–H and O–H groups in total. The predicted molar refractivity (Wildman–Crippen MR) is 224 cm³/mol. The Morgan fingerprint density at radius 3 is 1.75 bits per heavy atom. The second kappa shape index (κ2) is 11.2. The molecule has 250 valence electrons. The smallest absolute Gasteiger partial charge is 0.137 e. The van der Waals surface area contributed by atoms with Gasteiger partial charge in [-0.2, -0.15) is 0 Å². The number of rotatable bonds is 4. The van der Waals surface area contributed by atoms with E-state index < -0.39 is 0 Å². The Bertz CT molecular complexity index is 3100. The minimum absolute atomic E-state index is 0.123. The highest BCUT2D eigenvalue weighted by Crippen LogP contribution is 2.54. The highest BCUT2D eigenvalue weighted by atomic mass is 16.3. The molecule has 2 nitrogen and oxygen atoms in total. The number of furan rings is 1. The third-order valence-electron chi connectivity index (χ3n) is 11.6. The molecule has 0 spiro atoms. The molecule has 0 unspecified atom stereocenters. The van der Waals surface area contributed by atoms with Gasteiger partial charge in [0.05, 0.1) is 5.69 Å². The SMILES string of the molecule is CC1(C)c2ccc(N(c3ccc4c(c3)oc3ccccc34)c3ccc4ccccc4c3-c3cccc4ccccc34)cc2-c2c1ccc1ccccc21. The van der Waals surface area contributed by atoms with E-state index in [2.05, 4.69) is 189 Å². The third-order valence-corrected chi connectivity index (χ3v) is 11.6. The molecule has 1 aliphatic rings.